The average Bonchev–Trinajstić information content (AvgIpc) is 2.49. The minimum atomic E-state index is 0.843. The zero-order valence-electron chi connectivity index (χ0n) is 4.50. The van der Waals surface area contributed by atoms with Crippen molar-refractivity contribution in [2.75, 3.05) is 0 Å². The fourth-order valence-electron chi connectivity index (χ4n) is 0.766. The molecule has 1 fully saturated rings. The van der Waals surface area contributed by atoms with Crippen molar-refractivity contribution < 1.29 is 0 Å². The normalized spacial score (nSPS) is 19.0. The van der Waals surface area contributed by atoms with Gasteiger partial charge in [-0.2, -0.15) is 0 Å². The molecule has 2 heteroatoms. The number of hydrogen-bond acceptors (Lipinski definition) is 2. The highest BCUT2D eigenvalue weighted by molar-refractivity contribution is 7.09. The summed E-state index contributed by atoms with van der Waals surface area (Å²) < 4.78 is 0. The number of aromatic nitrogens is 1. The first-order chi connectivity index (χ1) is 3.97. The van der Waals surface area contributed by atoms with E-state index >= 15 is 0 Å². The van der Waals surface area contributed by atoms with E-state index in [9.17, 15) is 0 Å². The van der Waals surface area contributed by atoms with Crippen molar-refractivity contribution in [1.29, 1.82) is 0 Å². The molecule has 0 N–H and O–H groups in total. The molecule has 0 unspecified atom stereocenters. The fourth-order valence-corrected chi connectivity index (χ4v) is 1.58. The predicted octanol–water partition coefficient (Wildman–Crippen LogP) is 2.02. The molecule has 1 aromatic rings. The largest absolute Gasteiger partial charge is 0.249 e. The molecule has 2 rings (SSSR count). The van der Waals surface area contributed by atoms with E-state index in [0.29, 0.717) is 0 Å². The summed E-state index contributed by atoms with van der Waals surface area (Å²) >= 11 is 1.78. The molecule has 8 heavy (non-hydrogen) atoms. The van der Waals surface area contributed by atoms with Crippen LogP contribution in [0.25, 0.3) is 0 Å². The fraction of sp³-hybridized carbons (Fsp3) is 0.500. The number of thiazole rings is 1. The van der Waals surface area contributed by atoms with E-state index in [1.807, 2.05) is 11.6 Å². The predicted molar refractivity (Wildman–Crippen MR) is 34.1 cm³/mol. The molecule has 1 heterocycles. The van der Waals surface area contributed by atoms with Gasteiger partial charge in [0.05, 0.1) is 5.01 Å². The molecule has 0 atom stereocenters. The van der Waals surface area contributed by atoms with Crippen molar-refractivity contribution in [2.45, 2.75) is 18.8 Å². The highest BCUT2D eigenvalue weighted by Crippen LogP contribution is 2.40. The van der Waals surface area contributed by atoms with Crippen LogP contribution in [0.1, 0.15) is 23.8 Å². The summed E-state index contributed by atoms with van der Waals surface area (Å²) in [5.74, 6) is 0.843. The molecular weight excluding hydrogens is 118 g/mol. The molecule has 1 saturated carbocycles. The second-order valence-electron chi connectivity index (χ2n) is 2.14. The molecule has 0 spiro atoms. The van der Waals surface area contributed by atoms with E-state index in [1.54, 1.807) is 11.3 Å². The van der Waals surface area contributed by atoms with Gasteiger partial charge in [0.15, 0.2) is 0 Å². The van der Waals surface area contributed by atoms with Gasteiger partial charge in [0.2, 0.25) is 0 Å². The van der Waals surface area contributed by atoms with Gasteiger partial charge in [-0.3, -0.25) is 0 Å². The Morgan fingerprint density at radius 3 is 3.00 bits per heavy atom. The maximum atomic E-state index is 4.20. The molecule has 42 valence electrons. The van der Waals surface area contributed by atoms with E-state index in [2.05, 4.69) is 4.98 Å². The Morgan fingerprint density at radius 1 is 1.62 bits per heavy atom. The highest BCUT2D eigenvalue weighted by Gasteiger charge is 2.25. The third-order valence-electron chi connectivity index (χ3n) is 1.38. The van der Waals surface area contributed by atoms with Gasteiger partial charge >= 0.3 is 0 Å². The number of hydrogen-bond donors (Lipinski definition) is 0. The summed E-state index contributed by atoms with van der Waals surface area (Å²) in [5.41, 5.74) is 0. The third-order valence-corrected chi connectivity index (χ3v) is 2.32. The van der Waals surface area contributed by atoms with E-state index in [1.165, 1.54) is 17.8 Å². The third kappa shape index (κ3) is 0.650. The minimum absolute atomic E-state index is 0.843. The van der Waals surface area contributed by atoms with Gasteiger partial charge in [0.25, 0.3) is 0 Å². The van der Waals surface area contributed by atoms with Crippen LogP contribution in [-0.2, 0) is 0 Å². The van der Waals surface area contributed by atoms with Gasteiger partial charge in [-0.1, -0.05) is 0 Å². The Morgan fingerprint density at radius 2 is 2.50 bits per heavy atom. The molecular formula is C6H7NS. The topological polar surface area (TPSA) is 12.9 Å². The lowest BCUT2D eigenvalue weighted by Gasteiger charge is -1.80. The quantitative estimate of drug-likeness (QED) is 0.559. The van der Waals surface area contributed by atoms with Crippen LogP contribution in [0.5, 0.6) is 0 Å². The Bertz CT molecular complexity index is 165. The molecule has 1 nitrogen and oxygen atoms in total. The Balaban J connectivity index is 2.28. The first-order valence-corrected chi connectivity index (χ1v) is 3.74. The van der Waals surface area contributed by atoms with Crippen LogP contribution in [0.4, 0.5) is 0 Å². The van der Waals surface area contributed by atoms with Gasteiger partial charge in [0, 0.05) is 17.5 Å². The lowest BCUT2D eigenvalue weighted by Crippen LogP contribution is -1.70. The van der Waals surface area contributed by atoms with Crippen LogP contribution >= 0.6 is 11.3 Å². The van der Waals surface area contributed by atoms with Crippen molar-refractivity contribution in [3.05, 3.63) is 16.6 Å². The van der Waals surface area contributed by atoms with E-state index in [-0.39, 0.29) is 0 Å². The van der Waals surface area contributed by atoms with E-state index in [4.69, 9.17) is 0 Å². The Hall–Kier alpha value is -0.370. The van der Waals surface area contributed by atoms with E-state index < -0.39 is 0 Å². The van der Waals surface area contributed by atoms with Crippen LogP contribution in [0, 0.1) is 0 Å². The van der Waals surface area contributed by atoms with Crippen LogP contribution in [-0.4, -0.2) is 4.98 Å². The van der Waals surface area contributed by atoms with Crippen molar-refractivity contribution >= 4 is 11.3 Å². The minimum Gasteiger partial charge on any atom is -0.249 e. The second kappa shape index (κ2) is 1.55. The average molecular weight is 125 g/mol. The van der Waals surface area contributed by atoms with Crippen molar-refractivity contribution in [2.24, 2.45) is 0 Å². The van der Waals surface area contributed by atoms with Gasteiger partial charge in [0.1, 0.15) is 0 Å². The first-order valence-electron chi connectivity index (χ1n) is 2.86. The van der Waals surface area contributed by atoms with Gasteiger partial charge in [-0.15, -0.1) is 11.3 Å². The molecule has 0 amide bonds. The summed E-state index contributed by atoms with van der Waals surface area (Å²) in [7, 11) is 0. The van der Waals surface area contributed by atoms with Gasteiger partial charge in [-0.25, -0.2) is 4.98 Å². The lowest BCUT2D eigenvalue weighted by atomic mass is 10.5. The molecule has 1 aromatic heterocycles. The van der Waals surface area contributed by atoms with Crippen LogP contribution in [0.2, 0.25) is 0 Å². The van der Waals surface area contributed by atoms with E-state index in [0.717, 1.165) is 5.92 Å². The summed E-state index contributed by atoms with van der Waals surface area (Å²) in [6.45, 7) is 0. The summed E-state index contributed by atoms with van der Waals surface area (Å²) in [4.78, 5) is 4.20. The SMILES string of the molecule is c1csc(C2CC2)n1. The molecule has 0 aromatic carbocycles. The Kier molecular flexibility index (Phi) is 0.875. The van der Waals surface area contributed by atoms with Gasteiger partial charge < -0.3 is 0 Å². The maximum Gasteiger partial charge on any atom is 0.0955 e. The highest BCUT2D eigenvalue weighted by atomic mass is 32.1. The Labute approximate surface area is 52.4 Å². The molecule has 0 radical (unpaired) electrons. The smallest absolute Gasteiger partial charge is 0.0955 e. The van der Waals surface area contributed by atoms with Crippen molar-refractivity contribution in [3.63, 3.8) is 0 Å². The number of rotatable bonds is 1. The zero-order valence-corrected chi connectivity index (χ0v) is 5.32. The van der Waals surface area contributed by atoms with Crippen molar-refractivity contribution in [1.82, 2.24) is 4.98 Å². The van der Waals surface area contributed by atoms with Crippen LogP contribution < -0.4 is 0 Å². The molecule has 0 aliphatic heterocycles. The monoisotopic (exact) mass is 125 g/mol. The molecule has 1 aliphatic carbocycles. The summed E-state index contributed by atoms with van der Waals surface area (Å²) in [5, 5.41) is 3.39. The summed E-state index contributed by atoms with van der Waals surface area (Å²) in [6, 6.07) is 0. The number of nitrogens with zero attached hydrogens (tertiary/aromatic N) is 1. The second-order valence-corrected chi connectivity index (χ2v) is 3.07. The molecule has 0 bridgehead atoms. The lowest BCUT2D eigenvalue weighted by molar-refractivity contribution is 1.08. The maximum absolute atomic E-state index is 4.20. The van der Waals surface area contributed by atoms with Crippen molar-refractivity contribution in [3.8, 4) is 0 Å². The standard InChI is InChI=1S/C6H7NS/c1-2-5(1)6-7-3-4-8-6/h3-5H,1-2H2. The summed E-state index contributed by atoms with van der Waals surface area (Å²) in [6.07, 6.45) is 4.62. The first kappa shape index (κ1) is 4.50. The molecule has 1 aliphatic rings. The van der Waals surface area contributed by atoms with Gasteiger partial charge in [-0.05, 0) is 12.8 Å². The van der Waals surface area contributed by atoms with Crippen LogP contribution in [0.15, 0.2) is 11.6 Å². The molecule has 0 saturated heterocycles. The van der Waals surface area contributed by atoms with Crippen LogP contribution in [0.3, 0.4) is 0 Å². The zero-order chi connectivity index (χ0) is 5.40.